The van der Waals surface area contributed by atoms with E-state index >= 15 is 0 Å². The van der Waals surface area contributed by atoms with E-state index in [1.54, 1.807) is 0 Å². The summed E-state index contributed by atoms with van der Waals surface area (Å²) >= 11 is 6.38. The zero-order chi connectivity index (χ0) is 14.0. The lowest BCUT2D eigenvalue weighted by Gasteiger charge is -2.35. The Morgan fingerprint density at radius 3 is 2.74 bits per heavy atom. The number of nitrogens with zero attached hydrogens (tertiary/aromatic N) is 3. The van der Waals surface area contributed by atoms with Crippen molar-refractivity contribution in [2.45, 2.75) is 39.3 Å². The minimum Gasteiger partial charge on any atom is -0.308 e. The Hall–Kier alpha value is -0.580. The molecule has 2 rings (SSSR count). The molecular formula is C14H25ClN4. The van der Waals surface area contributed by atoms with Crippen LogP contribution in [0.15, 0.2) is 0 Å². The molecule has 1 N–H and O–H groups in total. The van der Waals surface area contributed by atoms with Crippen molar-refractivity contribution >= 4 is 11.6 Å². The van der Waals surface area contributed by atoms with E-state index in [0.29, 0.717) is 12.0 Å². The molecule has 0 amide bonds. The molecule has 0 radical (unpaired) electrons. The molecule has 108 valence electrons. The number of nitrogens with one attached hydrogen (secondary N) is 1. The summed E-state index contributed by atoms with van der Waals surface area (Å²) in [6.45, 7) is 7.54. The minimum absolute atomic E-state index is 0.576. The van der Waals surface area contributed by atoms with Gasteiger partial charge in [0.15, 0.2) is 0 Å². The molecule has 0 aromatic carbocycles. The number of hydrogen-bond donors (Lipinski definition) is 1. The highest BCUT2D eigenvalue weighted by Gasteiger charge is 2.24. The van der Waals surface area contributed by atoms with Gasteiger partial charge in [0.25, 0.3) is 0 Å². The van der Waals surface area contributed by atoms with E-state index in [0.717, 1.165) is 35.9 Å². The number of rotatable bonds is 4. The van der Waals surface area contributed by atoms with Crippen LogP contribution in [0.25, 0.3) is 0 Å². The quantitative estimate of drug-likeness (QED) is 0.919. The lowest BCUT2D eigenvalue weighted by Crippen LogP contribution is -2.46. The van der Waals surface area contributed by atoms with Crippen LogP contribution in [0.4, 0.5) is 0 Å². The van der Waals surface area contributed by atoms with Crippen LogP contribution in [0.1, 0.15) is 31.7 Å². The van der Waals surface area contributed by atoms with Crippen molar-refractivity contribution in [1.82, 2.24) is 20.0 Å². The Bertz CT molecular complexity index is 429. The smallest absolute Gasteiger partial charge is 0.0863 e. The molecule has 0 saturated carbocycles. The van der Waals surface area contributed by atoms with Gasteiger partial charge in [-0.05, 0) is 32.4 Å². The van der Waals surface area contributed by atoms with Crippen LogP contribution in [0.3, 0.4) is 0 Å². The number of likely N-dealkylation sites (tertiary alicyclic amines) is 1. The first-order chi connectivity index (χ1) is 9.02. The van der Waals surface area contributed by atoms with Gasteiger partial charge in [-0.2, -0.15) is 5.10 Å². The summed E-state index contributed by atoms with van der Waals surface area (Å²) in [7, 11) is 4.17. The Morgan fingerprint density at radius 2 is 2.16 bits per heavy atom. The van der Waals surface area contributed by atoms with Crippen molar-refractivity contribution in [1.29, 1.82) is 0 Å². The molecular weight excluding hydrogens is 260 g/mol. The van der Waals surface area contributed by atoms with Gasteiger partial charge in [0.2, 0.25) is 0 Å². The Balaban J connectivity index is 1.97. The molecule has 1 aliphatic heterocycles. The normalized spacial score (nSPS) is 24.9. The first-order valence-electron chi connectivity index (χ1n) is 7.15. The third kappa shape index (κ3) is 3.30. The van der Waals surface area contributed by atoms with Gasteiger partial charge < -0.3 is 10.2 Å². The first kappa shape index (κ1) is 14.8. The summed E-state index contributed by atoms with van der Waals surface area (Å²) in [5.74, 6) is 0.677. The third-order valence-electron chi connectivity index (χ3n) is 4.14. The highest BCUT2D eigenvalue weighted by atomic mass is 35.5. The van der Waals surface area contributed by atoms with Crippen LogP contribution in [-0.4, -0.2) is 40.9 Å². The second-order valence-electron chi connectivity index (χ2n) is 5.70. The van der Waals surface area contributed by atoms with Gasteiger partial charge in [-0.1, -0.05) is 25.4 Å². The third-order valence-corrected chi connectivity index (χ3v) is 4.58. The van der Waals surface area contributed by atoms with E-state index in [4.69, 9.17) is 11.6 Å². The standard InChI is InChI=1S/C14H25ClN4/c1-5-11-14(15)13(19(4)17-11)8-16-12-6-7-18(3)9-10(12)2/h10,12,16H,5-9H2,1-4H3. The number of piperidine rings is 1. The second-order valence-corrected chi connectivity index (χ2v) is 6.08. The largest absolute Gasteiger partial charge is 0.308 e. The predicted molar refractivity (Wildman–Crippen MR) is 79.5 cm³/mol. The van der Waals surface area contributed by atoms with Crippen molar-refractivity contribution in [2.75, 3.05) is 20.1 Å². The summed E-state index contributed by atoms with van der Waals surface area (Å²) < 4.78 is 1.91. The molecule has 2 atom stereocenters. The number of aryl methyl sites for hydroxylation is 2. The van der Waals surface area contributed by atoms with E-state index in [1.807, 2.05) is 11.7 Å². The molecule has 0 bridgehead atoms. The first-order valence-corrected chi connectivity index (χ1v) is 7.52. The van der Waals surface area contributed by atoms with Crippen molar-refractivity contribution in [3.05, 3.63) is 16.4 Å². The molecule has 1 aromatic rings. The van der Waals surface area contributed by atoms with Crippen LogP contribution >= 0.6 is 11.6 Å². The lowest BCUT2D eigenvalue weighted by atomic mass is 9.94. The van der Waals surface area contributed by atoms with Gasteiger partial charge in [-0.3, -0.25) is 4.68 Å². The maximum absolute atomic E-state index is 6.38. The van der Waals surface area contributed by atoms with Gasteiger partial charge in [0.05, 0.1) is 16.4 Å². The lowest BCUT2D eigenvalue weighted by molar-refractivity contribution is 0.174. The maximum atomic E-state index is 6.38. The van der Waals surface area contributed by atoms with Crippen LogP contribution in [-0.2, 0) is 20.0 Å². The zero-order valence-electron chi connectivity index (χ0n) is 12.4. The van der Waals surface area contributed by atoms with Crippen molar-refractivity contribution in [3.63, 3.8) is 0 Å². The summed E-state index contributed by atoms with van der Waals surface area (Å²) in [4.78, 5) is 2.40. The topological polar surface area (TPSA) is 33.1 Å². The fourth-order valence-corrected chi connectivity index (χ4v) is 3.26. The molecule has 0 aliphatic carbocycles. The van der Waals surface area contributed by atoms with Gasteiger partial charge >= 0.3 is 0 Å². The Labute approximate surface area is 121 Å². The van der Waals surface area contributed by atoms with Gasteiger partial charge in [0.1, 0.15) is 0 Å². The molecule has 5 heteroatoms. The molecule has 4 nitrogen and oxygen atoms in total. The highest BCUT2D eigenvalue weighted by Crippen LogP contribution is 2.22. The fraction of sp³-hybridized carbons (Fsp3) is 0.786. The van der Waals surface area contributed by atoms with Gasteiger partial charge in [-0.15, -0.1) is 0 Å². The highest BCUT2D eigenvalue weighted by molar-refractivity contribution is 6.31. The molecule has 2 heterocycles. The van der Waals surface area contributed by atoms with Crippen molar-refractivity contribution in [2.24, 2.45) is 13.0 Å². The maximum Gasteiger partial charge on any atom is 0.0863 e. The summed E-state index contributed by atoms with van der Waals surface area (Å²) in [6, 6.07) is 0.576. The molecule has 19 heavy (non-hydrogen) atoms. The average Bonchev–Trinajstić information content (AvgIpc) is 2.64. The van der Waals surface area contributed by atoms with Crippen LogP contribution < -0.4 is 5.32 Å². The molecule has 1 fully saturated rings. The summed E-state index contributed by atoms with van der Waals surface area (Å²) in [5, 5.41) is 8.95. The van der Waals surface area contributed by atoms with Crippen LogP contribution in [0.2, 0.25) is 5.02 Å². The van der Waals surface area contributed by atoms with E-state index in [9.17, 15) is 0 Å². The molecule has 1 saturated heterocycles. The Morgan fingerprint density at radius 1 is 1.42 bits per heavy atom. The van der Waals surface area contributed by atoms with E-state index in [1.165, 1.54) is 13.0 Å². The zero-order valence-corrected chi connectivity index (χ0v) is 13.2. The Kier molecular flexibility index (Phi) is 4.87. The SMILES string of the molecule is CCc1nn(C)c(CNC2CCN(C)CC2C)c1Cl. The van der Waals surface area contributed by atoms with Crippen molar-refractivity contribution in [3.8, 4) is 0 Å². The minimum atomic E-state index is 0.576. The number of hydrogen-bond acceptors (Lipinski definition) is 3. The molecule has 1 aliphatic rings. The number of halogens is 1. The molecule has 1 aromatic heterocycles. The van der Waals surface area contributed by atoms with Crippen LogP contribution in [0, 0.1) is 5.92 Å². The van der Waals surface area contributed by atoms with Crippen LogP contribution in [0.5, 0.6) is 0 Å². The predicted octanol–water partition coefficient (Wildman–Crippen LogP) is 2.07. The summed E-state index contributed by atoms with van der Waals surface area (Å²) in [6.07, 6.45) is 2.09. The second kappa shape index (κ2) is 6.25. The van der Waals surface area contributed by atoms with E-state index < -0.39 is 0 Å². The van der Waals surface area contributed by atoms with Crippen molar-refractivity contribution < 1.29 is 0 Å². The number of aromatic nitrogens is 2. The summed E-state index contributed by atoms with van der Waals surface area (Å²) in [5.41, 5.74) is 2.10. The molecule has 2 unspecified atom stereocenters. The average molecular weight is 285 g/mol. The fourth-order valence-electron chi connectivity index (χ4n) is 2.90. The van der Waals surface area contributed by atoms with Gasteiger partial charge in [0, 0.05) is 26.2 Å². The molecule has 0 spiro atoms. The van der Waals surface area contributed by atoms with E-state index in [-0.39, 0.29) is 0 Å². The van der Waals surface area contributed by atoms with Gasteiger partial charge in [-0.25, -0.2) is 0 Å². The van der Waals surface area contributed by atoms with E-state index in [2.05, 4.69) is 36.2 Å². The monoisotopic (exact) mass is 284 g/mol.